The second-order valence-corrected chi connectivity index (χ2v) is 5.31. The maximum absolute atomic E-state index is 12.5. The largest absolute Gasteiger partial charge is 0.416 e. The fraction of sp³-hybridized carbons (Fsp3) is 0.562. The van der Waals surface area contributed by atoms with Crippen molar-refractivity contribution in [3.8, 4) is 0 Å². The molecule has 136 valence electrons. The molecular weight excluding hydrogens is 321 g/mol. The number of carbonyl (C=O) groups excluding carboxylic acids is 1. The van der Waals surface area contributed by atoms with E-state index in [2.05, 4.69) is 10.2 Å². The van der Waals surface area contributed by atoms with Crippen molar-refractivity contribution < 1.29 is 18.0 Å². The molecule has 0 spiro atoms. The van der Waals surface area contributed by atoms with Gasteiger partial charge in [-0.25, -0.2) is 4.79 Å². The van der Waals surface area contributed by atoms with Crippen molar-refractivity contribution in [2.24, 2.45) is 5.73 Å². The van der Waals surface area contributed by atoms with Crippen molar-refractivity contribution in [2.75, 3.05) is 44.6 Å². The van der Waals surface area contributed by atoms with E-state index in [0.717, 1.165) is 25.2 Å². The molecular formula is C16H25F3N4O. The minimum absolute atomic E-state index is 0.317. The lowest BCUT2D eigenvalue weighted by Gasteiger charge is -2.26. The quantitative estimate of drug-likeness (QED) is 0.761. The number of hydrogen-bond donors (Lipinski definition) is 2. The van der Waals surface area contributed by atoms with Crippen LogP contribution in [-0.4, -0.2) is 55.1 Å². The van der Waals surface area contributed by atoms with Crippen LogP contribution in [-0.2, 0) is 6.18 Å². The van der Waals surface area contributed by atoms with Gasteiger partial charge in [-0.1, -0.05) is 13.8 Å². The minimum Gasteiger partial charge on any atom is -0.329 e. The van der Waals surface area contributed by atoms with Crippen LogP contribution in [0.2, 0.25) is 0 Å². The summed E-state index contributed by atoms with van der Waals surface area (Å²) in [6, 6.07) is 4.00. The molecule has 0 atom stereocenters. The molecule has 5 nitrogen and oxygen atoms in total. The third kappa shape index (κ3) is 6.37. The third-order valence-corrected chi connectivity index (χ3v) is 3.73. The number of halogens is 3. The van der Waals surface area contributed by atoms with Gasteiger partial charge in [-0.05, 0) is 37.4 Å². The minimum atomic E-state index is -4.39. The van der Waals surface area contributed by atoms with Crippen molar-refractivity contribution in [3.63, 3.8) is 0 Å². The molecule has 1 aromatic rings. The van der Waals surface area contributed by atoms with E-state index in [4.69, 9.17) is 5.73 Å². The van der Waals surface area contributed by atoms with Gasteiger partial charge in [0, 0.05) is 31.9 Å². The number of amides is 2. The molecule has 0 aliphatic rings. The first kappa shape index (κ1) is 20.2. The number of carbonyl (C=O) groups is 1. The number of nitrogens with one attached hydrogen (secondary N) is 1. The van der Waals surface area contributed by atoms with E-state index in [-0.39, 0.29) is 6.03 Å². The Labute approximate surface area is 140 Å². The molecule has 0 fully saturated rings. The maximum atomic E-state index is 12.5. The SMILES string of the molecule is CCN(CC)CCN(CCN)C(=O)Nc1ccc(C(F)(F)F)cc1. The van der Waals surface area contributed by atoms with Crippen LogP contribution < -0.4 is 11.1 Å². The summed E-state index contributed by atoms with van der Waals surface area (Å²) in [5, 5.41) is 2.61. The van der Waals surface area contributed by atoms with Crippen molar-refractivity contribution in [2.45, 2.75) is 20.0 Å². The monoisotopic (exact) mass is 346 g/mol. The fourth-order valence-electron chi connectivity index (χ4n) is 2.22. The predicted octanol–water partition coefficient (Wildman–Crippen LogP) is 2.84. The van der Waals surface area contributed by atoms with Gasteiger partial charge in [-0.15, -0.1) is 0 Å². The highest BCUT2D eigenvalue weighted by Gasteiger charge is 2.30. The Hall–Kier alpha value is -1.80. The molecule has 0 aliphatic heterocycles. The highest BCUT2D eigenvalue weighted by atomic mass is 19.4. The summed E-state index contributed by atoms with van der Waals surface area (Å²) in [5.41, 5.74) is 5.11. The summed E-state index contributed by atoms with van der Waals surface area (Å²) in [4.78, 5) is 16.0. The second kappa shape index (κ2) is 9.48. The van der Waals surface area contributed by atoms with Gasteiger partial charge >= 0.3 is 12.2 Å². The lowest BCUT2D eigenvalue weighted by Crippen LogP contribution is -2.43. The summed E-state index contributed by atoms with van der Waals surface area (Å²) in [6.45, 7) is 7.77. The number of nitrogens with zero attached hydrogens (tertiary/aromatic N) is 2. The van der Waals surface area contributed by atoms with Gasteiger partial charge in [0.05, 0.1) is 5.56 Å². The van der Waals surface area contributed by atoms with E-state index in [9.17, 15) is 18.0 Å². The number of likely N-dealkylation sites (N-methyl/N-ethyl adjacent to an activating group) is 1. The molecule has 0 aliphatic carbocycles. The van der Waals surface area contributed by atoms with Gasteiger partial charge in [0.1, 0.15) is 0 Å². The Balaban J connectivity index is 2.67. The first-order valence-corrected chi connectivity index (χ1v) is 7.97. The van der Waals surface area contributed by atoms with Crippen molar-refractivity contribution >= 4 is 11.7 Å². The van der Waals surface area contributed by atoms with Gasteiger partial charge in [0.25, 0.3) is 0 Å². The van der Waals surface area contributed by atoms with E-state index >= 15 is 0 Å². The van der Waals surface area contributed by atoms with E-state index in [1.165, 1.54) is 12.1 Å². The summed E-state index contributed by atoms with van der Waals surface area (Å²) >= 11 is 0. The Morgan fingerprint density at radius 1 is 1.08 bits per heavy atom. The highest BCUT2D eigenvalue weighted by molar-refractivity contribution is 5.89. The fourth-order valence-corrected chi connectivity index (χ4v) is 2.22. The number of urea groups is 1. The molecule has 1 rings (SSSR count). The molecule has 0 aromatic heterocycles. The van der Waals surface area contributed by atoms with Crippen LogP contribution >= 0.6 is 0 Å². The normalized spacial score (nSPS) is 11.6. The maximum Gasteiger partial charge on any atom is 0.416 e. The van der Waals surface area contributed by atoms with Crippen LogP contribution in [0.3, 0.4) is 0 Å². The van der Waals surface area contributed by atoms with Crippen molar-refractivity contribution in [3.05, 3.63) is 29.8 Å². The van der Waals surface area contributed by atoms with Crippen LogP contribution in [0.4, 0.5) is 23.7 Å². The number of rotatable bonds is 8. The summed E-state index contributed by atoms with van der Waals surface area (Å²) in [7, 11) is 0. The summed E-state index contributed by atoms with van der Waals surface area (Å²) in [5.74, 6) is 0. The van der Waals surface area contributed by atoms with Gasteiger partial charge in [0.2, 0.25) is 0 Å². The Kier molecular flexibility index (Phi) is 8.00. The van der Waals surface area contributed by atoms with Crippen molar-refractivity contribution in [1.82, 2.24) is 9.80 Å². The standard InChI is InChI=1S/C16H25F3N4O/c1-3-22(4-2)11-12-23(10-9-20)15(24)21-14-7-5-13(6-8-14)16(17,18)19/h5-8H,3-4,9-12,20H2,1-2H3,(H,21,24). The van der Waals surface area contributed by atoms with Crippen LogP contribution in [0.1, 0.15) is 19.4 Å². The highest BCUT2D eigenvalue weighted by Crippen LogP contribution is 2.29. The molecule has 0 bridgehead atoms. The Bertz CT molecular complexity index is 501. The first-order valence-electron chi connectivity index (χ1n) is 7.97. The summed E-state index contributed by atoms with van der Waals surface area (Å²) < 4.78 is 37.6. The molecule has 2 amide bonds. The van der Waals surface area contributed by atoms with Crippen LogP contribution in [0.25, 0.3) is 0 Å². The van der Waals surface area contributed by atoms with Gasteiger partial charge < -0.3 is 20.9 Å². The van der Waals surface area contributed by atoms with Gasteiger partial charge in [-0.2, -0.15) is 13.2 Å². The zero-order chi connectivity index (χ0) is 18.2. The molecule has 0 heterocycles. The number of anilines is 1. The zero-order valence-electron chi connectivity index (χ0n) is 14.1. The molecule has 8 heteroatoms. The smallest absolute Gasteiger partial charge is 0.329 e. The van der Waals surface area contributed by atoms with Gasteiger partial charge in [-0.3, -0.25) is 0 Å². The topological polar surface area (TPSA) is 61.6 Å². The number of alkyl halides is 3. The van der Waals surface area contributed by atoms with E-state index < -0.39 is 11.7 Å². The molecule has 1 aromatic carbocycles. The van der Waals surface area contributed by atoms with E-state index in [0.29, 0.717) is 31.9 Å². The zero-order valence-corrected chi connectivity index (χ0v) is 14.1. The van der Waals surface area contributed by atoms with E-state index in [1.807, 2.05) is 13.8 Å². The number of benzene rings is 1. The molecule has 0 radical (unpaired) electrons. The molecule has 0 saturated heterocycles. The molecule has 0 unspecified atom stereocenters. The second-order valence-electron chi connectivity index (χ2n) is 5.31. The van der Waals surface area contributed by atoms with Crippen LogP contribution in [0.5, 0.6) is 0 Å². The third-order valence-electron chi connectivity index (χ3n) is 3.73. The predicted molar refractivity (Wildman–Crippen MR) is 88.9 cm³/mol. The number of nitrogens with two attached hydrogens (primary N) is 1. The Morgan fingerprint density at radius 2 is 1.67 bits per heavy atom. The number of hydrogen-bond acceptors (Lipinski definition) is 3. The van der Waals surface area contributed by atoms with Gasteiger partial charge in [0.15, 0.2) is 0 Å². The average Bonchev–Trinajstić information content (AvgIpc) is 2.54. The molecule has 24 heavy (non-hydrogen) atoms. The molecule has 3 N–H and O–H groups in total. The first-order chi connectivity index (χ1) is 11.3. The lowest BCUT2D eigenvalue weighted by atomic mass is 10.2. The van der Waals surface area contributed by atoms with Crippen LogP contribution in [0.15, 0.2) is 24.3 Å². The average molecular weight is 346 g/mol. The lowest BCUT2D eigenvalue weighted by molar-refractivity contribution is -0.137. The van der Waals surface area contributed by atoms with Crippen LogP contribution in [0, 0.1) is 0 Å². The van der Waals surface area contributed by atoms with E-state index in [1.54, 1.807) is 4.90 Å². The Morgan fingerprint density at radius 3 is 2.12 bits per heavy atom. The summed E-state index contributed by atoms with van der Waals surface area (Å²) in [6.07, 6.45) is -4.39. The van der Waals surface area contributed by atoms with Crippen molar-refractivity contribution in [1.29, 1.82) is 0 Å². The molecule has 0 saturated carbocycles.